The molecule has 2 nitrogen and oxygen atoms in total. The maximum atomic E-state index is 9.86. The smallest absolute Gasteiger partial charge is 0.119 e. The van der Waals surface area contributed by atoms with E-state index in [4.69, 9.17) is 0 Å². The number of phenolic OH excluding ortho intramolecular Hbond substituents is 1. The summed E-state index contributed by atoms with van der Waals surface area (Å²) in [6.07, 6.45) is 2.24. The summed E-state index contributed by atoms with van der Waals surface area (Å²) in [5.41, 5.74) is 3.67. The third-order valence-electron chi connectivity index (χ3n) is 3.50. The summed E-state index contributed by atoms with van der Waals surface area (Å²) in [6.45, 7) is 6.42. The van der Waals surface area contributed by atoms with E-state index >= 15 is 0 Å². The SMILES string of the molecule is Cc1ccc(O)c(CC2CCNC2)c1C. The molecule has 0 saturated carbocycles. The predicted octanol–water partition coefficient (Wildman–Crippen LogP) is 2.16. The van der Waals surface area contributed by atoms with Gasteiger partial charge in [0.25, 0.3) is 0 Å². The molecule has 1 atom stereocenters. The largest absolute Gasteiger partial charge is 0.508 e. The molecule has 1 aromatic carbocycles. The molecule has 1 aliphatic heterocycles. The van der Waals surface area contributed by atoms with Gasteiger partial charge in [-0.15, -0.1) is 0 Å². The van der Waals surface area contributed by atoms with E-state index in [1.54, 1.807) is 0 Å². The molecule has 82 valence electrons. The maximum absolute atomic E-state index is 9.86. The van der Waals surface area contributed by atoms with E-state index in [1.165, 1.54) is 17.5 Å². The van der Waals surface area contributed by atoms with Gasteiger partial charge in [-0.1, -0.05) is 6.07 Å². The first-order chi connectivity index (χ1) is 7.18. The van der Waals surface area contributed by atoms with Crippen molar-refractivity contribution in [2.45, 2.75) is 26.7 Å². The number of aromatic hydroxyl groups is 1. The Balaban J connectivity index is 2.22. The zero-order valence-electron chi connectivity index (χ0n) is 9.51. The van der Waals surface area contributed by atoms with Crippen LogP contribution in [0.4, 0.5) is 0 Å². The highest BCUT2D eigenvalue weighted by molar-refractivity contribution is 5.43. The van der Waals surface area contributed by atoms with Gasteiger partial charge in [0, 0.05) is 0 Å². The highest BCUT2D eigenvalue weighted by atomic mass is 16.3. The van der Waals surface area contributed by atoms with E-state index < -0.39 is 0 Å². The Bertz CT molecular complexity index is 354. The number of benzene rings is 1. The van der Waals surface area contributed by atoms with Crippen LogP contribution in [-0.2, 0) is 6.42 Å². The first-order valence-electron chi connectivity index (χ1n) is 5.67. The second kappa shape index (κ2) is 4.23. The molecule has 2 heteroatoms. The molecule has 1 fully saturated rings. The number of rotatable bonds is 2. The van der Waals surface area contributed by atoms with Crippen LogP contribution in [0.3, 0.4) is 0 Å². The molecular formula is C13H19NO. The van der Waals surface area contributed by atoms with Crippen molar-refractivity contribution >= 4 is 0 Å². The van der Waals surface area contributed by atoms with Crippen molar-refractivity contribution in [1.82, 2.24) is 5.32 Å². The van der Waals surface area contributed by atoms with Gasteiger partial charge in [0.2, 0.25) is 0 Å². The van der Waals surface area contributed by atoms with Crippen LogP contribution in [0.2, 0.25) is 0 Å². The van der Waals surface area contributed by atoms with Crippen molar-refractivity contribution in [3.63, 3.8) is 0 Å². The number of phenols is 1. The maximum Gasteiger partial charge on any atom is 0.119 e. The highest BCUT2D eigenvalue weighted by Gasteiger charge is 2.18. The molecular weight excluding hydrogens is 186 g/mol. The fraction of sp³-hybridized carbons (Fsp3) is 0.538. The molecule has 0 amide bonds. The molecule has 1 saturated heterocycles. The quantitative estimate of drug-likeness (QED) is 0.775. The minimum Gasteiger partial charge on any atom is -0.508 e. The predicted molar refractivity (Wildman–Crippen MR) is 62.3 cm³/mol. The summed E-state index contributed by atoms with van der Waals surface area (Å²) in [5, 5.41) is 13.2. The van der Waals surface area contributed by atoms with Gasteiger partial charge in [0.1, 0.15) is 5.75 Å². The lowest BCUT2D eigenvalue weighted by Crippen LogP contribution is -2.11. The molecule has 2 rings (SSSR count). The first kappa shape index (κ1) is 10.5. The van der Waals surface area contributed by atoms with Crippen LogP contribution < -0.4 is 5.32 Å². The van der Waals surface area contributed by atoms with Crippen LogP contribution in [-0.4, -0.2) is 18.2 Å². The minimum absolute atomic E-state index is 0.463. The zero-order valence-corrected chi connectivity index (χ0v) is 9.51. The van der Waals surface area contributed by atoms with Gasteiger partial charge in [0.15, 0.2) is 0 Å². The van der Waals surface area contributed by atoms with Crippen LogP contribution in [0.15, 0.2) is 12.1 Å². The summed E-state index contributed by atoms with van der Waals surface area (Å²) >= 11 is 0. The van der Waals surface area contributed by atoms with Gasteiger partial charge in [0.05, 0.1) is 0 Å². The van der Waals surface area contributed by atoms with Crippen molar-refractivity contribution < 1.29 is 5.11 Å². The number of nitrogens with one attached hydrogen (secondary N) is 1. The van der Waals surface area contributed by atoms with E-state index in [1.807, 2.05) is 12.1 Å². The monoisotopic (exact) mass is 205 g/mol. The van der Waals surface area contributed by atoms with Crippen molar-refractivity contribution in [2.75, 3.05) is 13.1 Å². The molecule has 15 heavy (non-hydrogen) atoms. The number of hydrogen-bond acceptors (Lipinski definition) is 2. The fourth-order valence-corrected chi connectivity index (χ4v) is 2.29. The Kier molecular flexibility index (Phi) is 2.96. The van der Waals surface area contributed by atoms with Gasteiger partial charge in [-0.2, -0.15) is 0 Å². The van der Waals surface area contributed by atoms with Crippen LogP contribution in [0.1, 0.15) is 23.1 Å². The second-order valence-electron chi connectivity index (χ2n) is 4.57. The summed E-state index contributed by atoms with van der Waals surface area (Å²) in [5.74, 6) is 1.15. The normalized spacial score (nSPS) is 20.8. The molecule has 1 aromatic rings. The molecule has 0 radical (unpaired) electrons. The van der Waals surface area contributed by atoms with Crippen LogP contribution in [0, 0.1) is 19.8 Å². The summed E-state index contributed by atoms with van der Waals surface area (Å²) in [6, 6.07) is 3.81. The minimum atomic E-state index is 0.463. The topological polar surface area (TPSA) is 32.3 Å². The number of aryl methyl sites for hydroxylation is 1. The third kappa shape index (κ3) is 2.15. The first-order valence-corrected chi connectivity index (χ1v) is 5.67. The fourth-order valence-electron chi connectivity index (χ4n) is 2.29. The van der Waals surface area contributed by atoms with Crippen molar-refractivity contribution in [1.29, 1.82) is 0 Å². The third-order valence-corrected chi connectivity index (χ3v) is 3.50. The average molecular weight is 205 g/mol. The summed E-state index contributed by atoms with van der Waals surface area (Å²) in [7, 11) is 0. The molecule has 1 aliphatic rings. The molecule has 2 N–H and O–H groups in total. The highest BCUT2D eigenvalue weighted by Crippen LogP contribution is 2.27. The van der Waals surface area contributed by atoms with E-state index in [0.29, 0.717) is 11.7 Å². The van der Waals surface area contributed by atoms with Crippen LogP contribution >= 0.6 is 0 Å². The summed E-state index contributed by atoms with van der Waals surface area (Å²) in [4.78, 5) is 0. The lowest BCUT2D eigenvalue weighted by atomic mass is 9.92. The molecule has 1 heterocycles. The van der Waals surface area contributed by atoms with E-state index in [9.17, 15) is 5.11 Å². The Morgan fingerprint density at radius 3 is 2.87 bits per heavy atom. The van der Waals surface area contributed by atoms with Gasteiger partial charge >= 0.3 is 0 Å². The average Bonchev–Trinajstić information content (AvgIpc) is 2.71. The van der Waals surface area contributed by atoms with Gasteiger partial charge in [-0.3, -0.25) is 0 Å². The Hall–Kier alpha value is -1.02. The zero-order chi connectivity index (χ0) is 10.8. The molecule has 1 unspecified atom stereocenters. The summed E-state index contributed by atoms with van der Waals surface area (Å²) < 4.78 is 0. The van der Waals surface area contributed by atoms with E-state index in [2.05, 4.69) is 19.2 Å². The standard InChI is InChI=1S/C13H19NO/c1-9-3-4-13(15)12(10(9)2)7-11-5-6-14-8-11/h3-4,11,14-15H,5-8H2,1-2H3. The van der Waals surface area contributed by atoms with Crippen LogP contribution in [0.5, 0.6) is 5.75 Å². The Morgan fingerprint density at radius 1 is 1.40 bits per heavy atom. The Labute approximate surface area is 91.3 Å². The lowest BCUT2D eigenvalue weighted by Gasteiger charge is -2.14. The molecule has 0 bridgehead atoms. The Morgan fingerprint density at radius 2 is 2.20 bits per heavy atom. The van der Waals surface area contributed by atoms with Crippen molar-refractivity contribution in [3.05, 3.63) is 28.8 Å². The van der Waals surface area contributed by atoms with Crippen molar-refractivity contribution in [2.24, 2.45) is 5.92 Å². The van der Waals surface area contributed by atoms with Gasteiger partial charge in [-0.25, -0.2) is 0 Å². The molecule has 0 spiro atoms. The van der Waals surface area contributed by atoms with Crippen molar-refractivity contribution in [3.8, 4) is 5.75 Å². The lowest BCUT2D eigenvalue weighted by molar-refractivity contribution is 0.458. The molecule has 0 aromatic heterocycles. The van der Waals surface area contributed by atoms with E-state index in [-0.39, 0.29) is 0 Å². The van der Waals surface area contributed by atoms with E-state index in [0.717, 1.165) is 25.1 Å². The van der Waals surface area contributed by atoms with Crippen LogP contribution in [0.25, 0.3) is 0 Å². The van der Waals surface area contributed by atoms with Gasteiger partial charge < -0.3 is 10.4 Å². The molecule has 0 aliphatic carbocycles. The van der Waals surface area contributed by atoms with Gasteiger partial charge in [-0.05, 0) is 68.5 Å². The number of hydrogen-bond donors (Lipinski definition) is 2. The second-order valence-corrected chi connectivity index (χ2v) is 4.57.